The predicted molar refractivity (Wildman–Crippen MR) is 125 cm³/mol. The van der Waals surface area contributed by atoms with Crippen LogP contribution in [0.1, 0.15) is 5.56 Å². The second kappa shape index (κ2) is 9.65. The normalized spacial score (nSPS) is 11.6. The third kappa shape index (κ3) is 5.19. The Morgan fingerprint density at radius 3 is 2.48 bits per heavy atom. The standard InChI is InChI=1S/C23H21FN4O3S2/c1-27(33(30,31)22-8-5-13-32-22)16-21(29)25-14-18-15-28(20-6-3-2-4-7-20)26-23(18)17-9-11-19(24)12-10-17/h2-13,15H,14,16H2,1H3,(H,25,29). The molecule has 4 aromatic rings. The van der Waals surface area contributed by atoms with Gasteiger partial charge in [0.15, 0.2) is 0 Å². The second-order valence-corrected chi connectivity index (χ2v) is 10.5. The topological polar surface area (TPSA) is 84.3 Å². The molecule has 33 heavy (non-hydrogen) atoms. The molecule has 0 radical (unpaired) electrons. The highest BCUT2D eigenvalue weighted by Gasteiger charge is 2.24. The molecule has 4 rings (SSSR count). The summed E-state index contributed by atoms with van der Waals surface area (Å²) in [5.41, 5.74) is 2.84. The van der Waals surface area contributed by atoms with Gasteiger partial charge in [0.2, 0.25) is 5.91 Å². The molecule has 170 valence electrons. The lowest BCUT2D eigenvalue weighted by Gasteiger charge is -2.15. The molecule has 0 aliphatic heterocycles. The van der Waals surface area contributed by atoms with Crippen LogP contribution in [0.5, 0.6) is 0 Å². The molecule has 0 aliphatic rings. The highest BCUT2D eigenvalue weighted by Crippen LogP contribution is 2.24. The number of nitrogens with one attached hydrogen (secondary N) is 1. The van der Waals surface area contributed by atoms with Crippen molar-refractivity contribution in [2.24, 2.45) is 0 Å². The van der Waals surface area contributed by atoms with Gasteiger partial charge in [0, 0.05) is 30.9 Å². The molecular weight excluding hydrogens is 463 g/mol. The first-order chi connectivity index (χ1) is 15.8. The minimum absolute atomic E-state index is 0.130. The number of para-hydroxylation sites is 1. The quantitative estimate of drug-likeness (QED) is 0.414. The summed E-state index contributed by atoms with van der Waals surface area (Å²) in [5.74, 6) is -0.804. The monoisotopic (exact) mass is 484 g/mol. The van der Waals surface area contributed by atoms with E-state index in [0.29, 0.717) is 16.8 Å². The number of halogens is 1. The van der Waals surface area contributed by atoms with Gasteiger partial charge < -0.3 is 5.32 Å². The lowest BCUT2D eigenvalue weighted by molar-refractivity contribution is -0.121. The van der Waals surface area contributed by atoms with Gasteiger partial charge in [-0.2, -0.15) is 9.40 Å². The molecule has 0 aliphatic carbocycles. The SMILES string of the molecule is CN(CC(=O)NCc1cn(-c2ccccc2)nc1-c1ccc(F)cc1)S(=O)(=O)c1cccs1. The Balaban J connectivity index is 1.52. The highest BCUT2D eigenvalue weighted by molar-refractivity contribution is 7.91. The molecule has 0 bridgehead atoms. The van der Waals surface area contributed by atoms with E-state index in [1.807, 2.05) is 30.3 Å². The number of thiophene rings is 1. The van der Waals surface area contributed by atoms with Crippen LogP contribution in [0.25, 0.3) is 16.9 Å². The van der Waals surface area contributed by atoms with Crippen LogP contribution < -0.4 is 5.32 Å². The molecule has 10 heteroatoms. The van der Waals surface area contributed by atoms with E-state index in [-0.39, 0.29) is 23.1 Å². The second-order valence-electron chi connectivity index (χ2n) is 7.26. The van der Waals surface area contributed by atoms with Gasteiger partial charge in [0.1, 0.15) is 10.0 Å². The van der Waals surface area contributed by atoms with Crippen molar-refractivity contribution in [3.05, 3.63) is 89.7 Å². The predicted octanol–water partition coefficient (Wildman–Crippen LogP) is 3.68. The maximum Gasteiger partial charge on any atom is 0.252 e. The Morgan fingerprint density at radius 1 is 1.09 bits per heavy atom. The molecule has 1 amide bonds. The lowest BCUT2D eigenvalue weighted by Crippen LogP contribution is -2.37. The minimum atomic E-state index is -3.72. The molecule has 0 atom stereocenters. The van der Waals surface area contributed by atoms with E-state index in [0.717, 1.165) is 21.3 Å². The van der Waals surface area contributed by atoms with Crippen molar-refractivity contribution in [1.82, 2.24) is 19.4 Å². The van der Waals surface area contributed by atoms with E-state index in [2.05, 4.69) is 10.4 Å². The van der Waals surface area contributed by atoms with Crippen molar-refractivity contribution < 1.29 is 17.6 Å². The molecule has 0 saturated heterocycles. The summed E-state index contributed by atoms with van der Waals surface area (Å²) in [6, 6.07) is 18.6. The number of aromatic nitrogens is 2. The number of sulfonamides is 1. The van der Waals surface area contributed by atoms with Gasteiger partial charge in [-0.15, -0.1) is 11.3 Å². The number of rotatable bonds is 8. The van der Waals surface area contributed by atoms with Crippen molar-refractivity contribution >= 4 is 27.3 Å². The fraction of sp³-hybridized carbons (Fsp3) is 0.130. The van der Waals surface area contributed by atoms with Gasteiger partial charge in [-0.1, -0.05) is 24.3 Å². The summed E-state index contributed by atoms with van der Waals surface area (Å²) in [4.78, 5) is 12.5. The van der Waals surface area contributed by atoms with E-state index >= 15 is 0 Å². The van der Waals surface area contributed by atoms with Crippen molar-refractivity contribution in [3.8, 4) is 16.9 Å². The first-order valence-electron chi connectivity index (χ1n) is 10.0. The Morgan fingerprint density at radius 2 is 1.82 bits per heavy atom. The van der Waals surface area contributed by atoms with Crippen molar-refractivity contribution in [2.45, 2.75) is 10.8 Å². The number of hydrogen-bond donors (Lipinski definition) is 1. The van der Waals surface area contributed by atoms with Crippen molar-refractivity contribution in [3.63, 3.8) is 0 Å². The van der Waals surface area contributed by atoms with Crippen LogP contribution in [-0.4, -0.2) is 42.0 Å². The summed E-state index contributed by atoms with van der Waals surface area (Å²) in [7, 11) is -2.35. The molecule has 0 fully saturated rings. The van der Waals surface area contributed by atoms with E-state index in [1.54, 1.807) is 34.5 Å². The van der Waals surface area contributed by atoms with Crippen molar-refractivity contribution in [2.75, 3.05) is 13.6 Å². The molecule has 0 unspecified atom stereocenters. The molecule has 2 aromatic carbocycles. The van der Waals surface area contributed by atoms with Crippen LogP contribution in [0, 0.1) is 5.82 Å². The molecule has 1 N–H and O–H groups in total. The molecule has 0 saturated carbocycles. The molecule has 2 aromatic heterocycles. The van der Waals surface area contributed by atoms with Gasteiger partial charge in [0.25, 0.3) is 10.0 Å². The highest BCUT2D eigenvalue weighted by atomic mass is 32.2. The van der Waals surface area contributed by atoms with Crippen LogP contribution in [-0.2, 0) is 21.4 Å². The number of hydrogen-bond acceptors (Lipinski definition) is 5. The van der Waals surface area contributed by atoms with Crippen LogP contribution in [0.15, 0.2) is 82.5 Å². The Bertz CT molecular complexity index is 1340. The third-order valence-electron chi connectivity index (χ3n) is 4.93. The van der Waals surface area contributed by atoms with Gasteiger partial charge in [-0.05, 0) is 47.8 Å². The maximum atomic E-state index is 13.4. The van der Waals surface area contributed by atoms with Crippen LogP contribution in [0.2, 0.25) is 0 Å². The summed E-state index contributed by atoms with van der Waals surface area (Å²) in [5, 5.41) is 9.06. The van der Waals surface area contributed by atoms with Crippen LogP contribution in [0.4, 0.5) is 4.39 Å². The van der Waals surface area contributed by atoms with E-state index in [9.17, 15) is 17.6 Å². The van der Waals surface area contributed by atoms with Gasteiger partial charge >= 0.3 is 0 Å². The molecular formula is C23H21FN4O3S2. The van der Waals surface area contributed by atoms with E-state index < -0.39 is 15.9 Å². The zero-order valence-corrected chi connectivity index (χ0v) is 19.3. The van der Waals surface area contributed by atoms with Gasteiger partial charge in [0.05, 0.1) is 17.9 Å². The largest absolute Gasteiger partial charge is 0.351 e. The molecule has 2 heterocycles. The Labute approximate surface area is 195 Å². The first kappa shape index (κ1) is 22.8. The smallest absolute Gasteiger partial charge is 0.252 e. The maximum absolute atomic E-state index is 13.4. The summed E-state index contributed by atoms with van der Waals surface area (Å²) in [6.07, 6.45) is 1.79. The first-order valence-corrected chi connectivity index (χ1v) is 12.3. The third-order valence-corrected chi connectivity index (χ3v) is 8.11. The summed E-state index contributed by atoms with van der Waals surface area (Å²) < 4.78 is 41.4. The summed E-state index contributed by atoms with van der Waals surface area (Å²) in [6.45, 7) is -0.190. The fourth-order valence-electron chi connectivity index (χ4n) is 3.20. The number of nitrogens with zero attached hydrogens (tertiary/aromatic N) is 3. The average Bonchev–Trinajstić information content (AvgIpc) is 3.50. The van der Waals surface area contributed by atoms with Crippen LogP contribution >= 0.6 is 11.3 Å². The zero-order chi connectivity index (χ0) is 23.4. The number of benzene rings is 2. The number of carbonyl (C=O) groups is 1. The lowest BCUT2D eigenvalue weighted by atomic mass is 10.1. The average molecular weight is 485 g/mol. The van der Waals surface area contributed by atoms with Crippen molar-refractivity contribution in [1.29, 1.82) is 0 Å². The van der Waals surface area contributed by atoms with Gasteiger partial charge in [-0.3, -0.25) is 4.79 Å². The van der Waals surface area contributed by atoms with E-state index in [1.165, 1.54) is 25.2 Å². The van der Waals surface area contributed by atoms with E-state index in [4.69, 9.17) is 0 Å². The Hall–Kier alpha value is -3.34. The molecule has 0 spiro atoms. The minimum Gasteiger partial charge on any atom is -0.351 e. The fourth-order valence-corrected chi connectivity index (χ4v) is 5.53. The van der Waals surface area contributed by atoms with Crippen LogP contribution in [0.3, 0.4) is 0 Å². The number of carbonyl (C=O) groups excluding carboxylic acids is 1. The summed E-state index contributed by atoms with van der Waals surface area (Å²) >= 11 is 1.10. The Kier molecular flexibility index (Phi) is 6.68. The van der Waals surface area contributed by atoms with Gasteiger partial charge in [-0.25, -0.2) is 17.5 Å². The molecule has 7 nitrogen and oxygen atoms in total. The zero-order valence-electron chi connectivity index (χ0n) is 17.7. The number of likely N-dealkylation sites (N-methyl/N-ethyl adjacent to an activating group) is 1. The number of amides is 1.